The average Bonchev–Trinajstić information content (AvgIpc) is 2.83. The van der Waals surface area contributed by atoms with Gasteiger partial charge in [0.05, 0.1) is 0 Å². The summed E-state index contributed by atoms with van der Waals surface area (Å²) in [5.74, 6) is 2.65. The third kappa shape index (κ3) is 4.59. The first-order valence-electron chi connectivity index (χ1n) is 9.70. The standard InChI is InChI=1S/C23H23N7/c1-30(20-12-14-25-22(28-20)18-10-6-3-7-11-18)21-13-15-26-23(29-21)27-16-19(24)17-8-4-2-5-9-17/h2-15,19H,16,24H2,1H3,(H,26,27,29). The van der Waals surface area contributed by atoms with Crippen molar-refractivity contribution < 1.29 is 0 Å². The first kappa shape index (κ1) is 19.5. The van der Waals surface area contributed by atoms with Crippen molar-refractivity contribution in [3.63, 3.8) is 0 Å². The highest BCUT2D eigenvalue weighted by Crippen LogP contribution is 2.23. The SMILES string of the molecule is CN(c1ccnc(NCC(N)c2ccccc2)n1)c1ccnc(-c2ccccc2)n1. The van der Waals surface area contributed by atoms with E-state index in [2.05, 4.69) is 25.3 Å². The summed E-state index contributed by atoms with van der Waals surface area (Å²) >= 11 is 0. The summed E-state index contributed by atoms with van der Waals surface area (Å²) in [5.41, 5.74) is 8.29. The Bertz CT molecular complexity index is 1090. The van der Waals surface area contributed by atoms with Crippen LogP contribution in [-0.2, 0) is 0 Å². The number of hydrogen-bond acceptors (Lipinski definition) is 7. The maximum atomic E-state index is 6.26. The van der Waals surface area contributed by atoms with Crippen LogP contribution < -0.4 is 16.0 Å². The Balaban J connectivity index is 1.48. The van der Waals surface area contributed by atoms with Gasteiger partial charge in [0, 0.05) is 37.6 Å². The maximum absolute atomic E-state index is 6.26. The third-order valence-electron chi connectivity index (χ3n) is 4.71. The van der Waals surface area contributed by atoms with Crippen LogP contribution in [-0.4, -0.2) is 33.5 Å². The van der Waals surface area contributed by atoms with E-state index in [1.807, 2.05) is 84.7 Å². The second-order valence-corrected chi connectivity index (χ2v) is 6.80. The molecular weight excluding hydrogens is 374 g/mol. The largest absolute Gasteiger partial charge is 0.352 e. The highest BCUT2D eigenvalue weighted by molar-refractivity contribution is 5.61. The molecule has 2 aromatic carbocycles. The molecule has 150 valence electrons. The van der Waals surface area contributed by atoms with Crippen molar-refractivity contribution in [2.24, 2.45) is 5.73 Å². The van der Waals surface area contributed by atoms with Crippen LogP contribution in [0.5, 0.6) is 0 Å². The van der Waals surface area contributed by atoms with Crippen LogP contribution in [0.25, 0.3) is 11.4 Å². The Hall–Kier alpha value is -3.84. The van der Waals surface area contributed by atoms with E-state index in [1.54, 1.807) is 12.4 Å². The Morgan fingerprint density at radius 3 is 2.20 bits per heavy atom. The van der Waals surface area contributed by atoms with Crippen molar-refractivity contribution in [2.75, 3.05) is 23.8 Å². The molecule has 7 heteroatoms. The molecule has 0 radical (unpaired) electrons. The maximum Gasteiger partial charge on any atom is 0.224 e. The molecular formula is C23H23N7. The van der Waals surface area contributed by atoms with Crippen LogP contribution in [0, 0.1) is 0 Å². The molecule has 30 heavy (non-hydrogen) atoms. The molecule has 0 fully saturated rings. The summed E-state index contributed by atoms with van der Waals surface area (Å²) in [6.45, 7) is 0.531. The highest BCUT2D eigenvalue weighted by Gasteiger charge is 2.11. The van der Waals surface area contributed by atoms with E-state index in [4.69, 9.17) is 5.73 Å². The lowest BCUT2D eigenvalue weighted by atomic mass is 10.1. The van der Waals surface area contributed by atoms with Gasteiger partial charge in [0.25, 0.3) is 0 Å². The van der Waals surface area contributed by atoms with Crippen LogP contribution in [0.1, 0.15) is 11.6 Å². The Kier molecular flexibility index (Phi) is 5.91. The minimum absolute atomic E-state index is 0.147. The molecule has 1 unspecified atom stereocenters. The van der Waals surface area contributed by atoms with Gasteiger partial charge in [0.1, 0.15) is 11.6 Å². The molecule has 0 saturated heterocycles. The Morgan fingerprint density at radius 1 is 0.833 bits per heavy atom. The van der Waals surface area contributed by atoms with Gasteiger partial charge in [-0.15, -0.1) is 0 Å². The zero-order valence-electron chi connectivity index (χ0n) is 16.7. The minimum Gasteiger partial charge on any atom is -0.352 e. The van der Waals surface area contributed by atoms with E-state index in [-0.39, 0.29) is 6.04 Å². The summed E-state index contributed by atoms with van der Waals surface area (Å²) < 4.78 is 0. The topological polar surface area (TPSA) is 92.9 Å². The smallest absolute Gasteiger partial charge is 0.224 e. The van der Waals surface area contributed by atoms with E-state index in [9.17, 15) is 0 Å². The number of nitrogens with zero attached hydrogens (tertiary/aromatic N) is 5. The zero-order chi connectivity index (χ0) is 20.8. The van der Waals surface area contributed by atoms with Gasteiger partial charge in [-0.25, -0.2) is 15.0 Å². The number of anilines is 3. The molecule has 3 N–H and O–H groups in total. The summed E-state index contributed by atoms with van der Waals surface area (Å²) in [4.78, 5) is 19.9. The second kappa shape index (κ2) is 9.11. The zero-order valence-corrected chi connectivity index (χ0v) is 16.7. The monoisotopic (exact) mass is 397 g/mol. The molecule has 4 rings (SSSR count). The van der Waals surface area contributed by atoms with Crippen molar-refractivity contribution in [1.29, 1.82) is 0 Å². The molecule has 2 heterocycles. The van der Waals surface area contributed by atoms with Crippen LogP contribution in [0.3, 0.4) is 0 Å². The highest BCUT2D eigenvalue weighted by atomic mass is 15.2. The van der Waals surface area contributed by atoms with Crippen molar-refractivity contribution in [3.05, 3.63) is 90.8 Å². The van der Waals surface area contributed by atoms with Gasteiger partial charge < -0.3 is 16.0 Å². The fourth-order valence-electron chi connectivity index (χ4n) is 3.02. The van der Waals surface area contributed by atoms with Gasteiger partial charge in [-0.3, -0.25) is 0 Å². The fraction of sp³-hybridized carbons (Fsp3) is 0.130. The molecule has 1 atom stereocenters. The van der Waals surface area contributed by atoms with Crippen molar-refractivity contribution in [1.82, 2.24) is 19.9 Å². The fourth-order valence-corrected chi connectivity index (χ4v) is 3.02. The predicted molar refractivity (Wildman–Crippen MR) is 119 cm³/mol. The van der Waals surface area contributed by atoms with Gasteiger partial charge in [-0.2, -0.15) is 4.98 Å². The lowest BCUT2D eigenvalue weighted by molar-refractivity contribution is 0.758. The number of aromatic nitrogens is 4. The van der Waals surface area contributed by atoms with E-state index >= 15 is 0 Å². The Morgan fingerprint density at radius 2 is 1.47 bits per heavy atom. The number of hydrogen-bond donors (Lipinski definition) is 2. The molecule has 0 bridgehead atoms. The lowest BCUT2D eigenvalue weighted by Gasteiger charge is -2.19. The minimum atomic E-state index is -0.147. The summed E-state index contributed by atoms with van der Waals surface area (Å²) in [5, 5.41) is 3.22. The molecule has 7 nitrogen and oxygen atoms in total. The van der Waals surface area contributed by atoms with Gasteiger partial charge in [-0.05, 0) is 17.7 Å². The van der Waals surface area contributed by atoms with Crippen LogP contribution in [0.2, 0.25) is 0 Å². The van der Waals surface area contributed by atoms with Gasteiger partial charge in [0.2, 0.25) is 5.95 Å². The van der Waals surface area contributed by atoms with Gasteiger partial charge >= 0.3 is 0 Å². The van der Waals surface area contributed by atoms with E-state index in [0.29, 0.717) is 18.3 Å². The van der Waals surface area contributed by atoms with Crippen LogP contribution in [0.15, 0.2) is 85.2 Å². The number of nitrogens with one attached hydrogen (secondary N) is 1. The summed E-state index contributed by atoms with van der Waals surface area (Å²) in [7, 11) is 1.92. The van der Waals surface area contributed by atoms with Crippen LogP contribution in [0.4, 0.5) is 17.6 Å². The van der Waals surface area contributed by atoms with Crippen molar-refractivity contribution in [3.8, 4) is 11.4 Å². The quantitative estimate of drug-likeness (QED) is 0.490. The molecule has 0 spiro atoms. The molecule has 4 aromatic rings. The van der Waals surface area contributed by atoms with E-state index < -0.39 is 0 Å². The van der Waals surface area contributed by atoms with Crippen LogP contribution >= 0.6 is 0 Å². The third-order valence-corrected chi connectivity index (χ3v) is 4.71. The molecule has 0 aliphatic rings. The predicted octanol–water partition coefficient (Wildman–Crippen LogP) is 3.81. The molecule has 0 aliphatic carbocycles. The lowest BCUT2D eigenvalue weighted by Crippen LogP contribution is -2.22. The summed E-state index contributed by atoms with van der Waals surface area (Å²) in [6.07, 6.45) is 3.47. The average molecular weight is 397 g/mol. The molecule has 0 saturated carbocycles. The first-order chi connectivity index (χ1) is 14.7. The van der Waals surface area contributed by atoms with Gasteiger partial charge in [0.15, 0.2) is 5.82 Å². The van der Waals surface area contributed by atoms with Crippen molar-refractivity contribution in [2.45, 2.75) is 6.04 Å². The second-order valence-electron chi connectivity index (χ2n) is 6.80. The van der Waals surface area contributed by atoms with Gasteiger partial charge in [-0.1, -0.05) is 60.7 Å². The molecule has 0 amide bonds. The molecule has 2 aromatic heterocycles. The van der Waals surface area contributed by atoms with Crippen molar-refractivity contribution >= 4 is 17.6 Å². The first-order valence-corrected chi connectivity index (χ1v) is 9.70. The normalized spacial score (nSPS) is 11.7. The van der Waals surface area contributed by atoms with E-state index in [1.165, 1.54) is 0 Å². The molecule has 0 aliphatic heterocycles. The number of rotatable bonds is 7. The van der Waals surface area contributed by atoms with E-state index in [0.717, 1.165) is 22.8 Å². The summed E-state index contributed by atoms with van der Waals surface area (Å²) in [6, 6.07) is 23.4. The number of nitrogens with two attached hydrogens (primary N) is 1. The number of benzene rings is 2. The Labute approximate surface area is 175 Å².